The summed E-state index contributed by atoms with van der Waals surface area (Å²) in [5.41, 5.74) is 1.85. The van der Waals surface area contributed by atoms with Crippen molar-refractivity contribution in [3.05, 3.63) is 60.5 Å². The van der Waals surface area contributed by atoms with Crippen molar-refractivity contribution in [2.45, 2.75) is 36.5 Å². The van der Waals surface area contributed by atoms with Crippen LogP contribution in [0.25, 0.3) is 10.9 Å². The molecule has 10 nitrogen and oxygen atoms in total. The number of nitrogens with zero attached hydrogens (tertiary/aromatic N) is 2. The van der Waals surface area contributed by atoms with Crippen molar-refractivity contribution in [3.8, 4) is 17.6 Å². The molecule has 42 heavy (non-hydrogen) atoms. The van der Waals surface area contributed by atoms with E-state index in [2.05, 4.69) is 36.9 Å². The predicted molar refractivity (Wildman–Crippen MR) is 151 cm³/mol. The van der Waals surface area contributed by atoms with Crippen molar-refractivity contribution in [2.24, 2.45) is 0 Å². The lowest BCUT2D eigenvalue weighted by Crippen LogP contribution is -2.27. The number of ether oxygens (including phenoxy) is 2. The summed E-state index contributed by atoms with van der Waals surface area (Å²) < 4.78 is 84.8. The highest BCUT2D eigenvalue weighted by Crippen LogP contribution is 2.32. The summed E-state index contributed by atoms with van der Waals surface area (Å²) in [5, 5.41) is 10.7. The molecule has 1 aliphatic rings. The number of halogens is 3. The maximum absolute atomic E-state index is 13.5. The molecular formula is C28H28F3N5O5S. The van der Waals surface area contributed by atoms with E-state index < -0.39 is 22.7 Å². The van der Waals surface area contributed by atoms with Crippen molar-refractivity contribution in [3.63, 3.8) is 0 Å². The monoisotopic (exact) mass is 603 g/mol. The summed E-state index contributed by atoms with van der Waals surface area (Å²) in [4.78, 5) is -0.0687. The van der Waals surface area contributed by atoms with Crippen LogP contribution in [-0.4, -0.2) is 57.2 Å². The summed E-state index contributed by atoms with van der Waals surface area (Å²) in [6, 6.07) is 12.6. The first-order chi connectivity index (χ1) is 20.1. The number of fused-ring (bicyclic) bond motifs is 1. The Morgan fingerprint density at radius 3 is 2.64 bits per heavy atom. The van der Waals surface area contributed by atoms with Crippen molar-refractivity contribution >= 4 is 38.1 Å². The van der Waals surface area contributed by atoms with E-state index in [1.165, 1.54) is 42.2 Å². The number of methoxy groups -OCH3 is 1. The normalized spacial score (nSPS) is 14.3. The fraction of sp³-hybridized carbons (Fsp3) is 0.321. The Kier molecular flexibility index (Phi) is 8.51. The van der Waals surface area contributed by atoms with Crippen LogP contribution < -0.4 is 20.1 Å². The van der Waals surface area contributed by atoms with Gasteiger partial charge in [-0.1, -0.05) is 17.1 Å². The van der Waals surface area contributed by atoms with Crippen LogP contribution in [0.5, 0.6) is 5.75 Å². The van der Waals surface area contributed by atoms with Gasteiger partial charge in [0.15, 0.2) is 5.82 Å². The van der Waals surface area contributed by atoms with Gasteiger partial charge in [0.2, 0.25) is 0 Å². The number of aromatic nitrogens is 2. The Morgan fingerprint density at radius 2 is 1.93 bits per heavy atom. The summed E-state index contributed by atoms with van der Waals surface area (Å²) in [6.45, 7) is 0.145. The van der Waals surface area contributed by atoms with Gasteiger partial charge in [0.1, 0.15) is 18.6 Å². The van der Waals surface area contributed by atoms with Gasteiger partial charge in [-0.05, 0) is 49.1 Å². The highest BCUT2D eigenvalue weighted by molar-refractivity contribution is 7.92. The molecule has 1 fully saturated rings. The third kappa shape index (κ3) is 6.92. The fourth-order valence-electron chi connectivity index (χ4n) is 4.65. The molecule has 0 amide bonds. The third-order valence-electron chi connectivity index (χ3n) is 6.61. The van der Waals surface area contributed by atoms with Gasteiger partial charge >= 0.3 is 6.18 Å². The molecule has 0 radical (unpaired) electrons. The van der Waals surface area contributed by atoms with Crippen LogP contribution in [0, 0.1) is 11.8 Å². The number of alkyl halides is 3. The molecule has 5 rings (SSSR count). The number of nitrogens with one attached hydrogen (secondary N) is 3. The maximum atomic E-state index is 13.5. The van der Waals surface area contributed by atoms with E-state index in [0.29, 0.717) is 29.8 Å². The number of hydrogen-bond acceptors (Lipinski definition) is 8. The molecular weight excluding hydrogens is 575 g/mol. The molecule has 0 saturated carbocycles. The van der Waals surface area contributed by atoms with Gasteiger partial charge in [0, 0.05) is 42.5 Å². The number of benzene rings is 2. The predicted octanol–water partition coefficient (Wildman–Crippen LogP) is 5.06. The van der Waals surface area contributed by atoms with Crippen LogP contribution in [-0.2, 0) is 21.3 Å². The lowest BCUT2D eigenvalue weighted by molar-refractivity contribution is -0.140. The summed E-state index contributed by atoms with van der Waals surface area (Å²) in [6.07, 6.45) is -1.58. The van der Waals surface area contributed by atoms with Gasteiger partial charge in [0.25, 0.3) is 10.0 Å². The molecule has 1 saturated heterocycles. The summed E-state index contributed by atoms with van der Waals surface area (Å²) in [7, 11) is -2.57. The minimum Gasteiger partial charge on any atom is -0.495 e. The Labute approximate surface area is 240 Å². The van der Waals surface area contributed by atoms with E-state index in [4.69, 9.17) is 9.47 Å². The number of hydrogen-bond donors (Lipinski definition) is 3. The standard InChI is InChI=1S/C28H28F3N5O5S/c1-39-26-17-21(42(37,38)35-27-11-15-41-34-27)7-8-24(26)32-12-3-4-20-16-22-23(33-19-9-13-40-14-10-19)5-2-6-25(22)36(20)18-28(29,30)31/h2,5-8,11,15-17,19,32-33H,9-10,12-14,18H2,1H3,(H,34,35). The van der Waals surface area contributed by atoms with Gasteiger partial charge in [-0.25, -0.2) is 8.42 Å². The van der Waals surface area contributed by atoms with Crippen molar-refractivity contribution < 1.29 is 35.6 Å². The highest BCUT2D eigenvalue weighted by Gasteiger charge is 2.30. The van der Waals surface area contributed by atoms with Crippen LogP contribution >= 0.6 is 0 Å². The van der Waals surface area contributed by atoms with Crippen LogP contribution in [0.1, 0.15) is 18.5 Å². The first-order valence-electron chi connectivity index (χ1n) is 13.0. The van der Waals surface area contributed by atoms with Crippen LogP contribution in [0.2, 0.25) is 0 Å². The zero-order valence-electron chi connectivity index (χ0n) is 22.5. The number of sulfonamides is 1. The second kappa shape index (κ2) is 12.3. The molecule has 2 aromatic heterocycles. The lowest BCUT2D eigenvalue weighted by atomic mass is 10.1. The Balaban J connectivity index is 1.36. The zero-order chi connectivity index (χ0) is 29.7. The van der Waals surface area contributed by atoms with E-state index in [1.54, 1.807) is 18.2 Å². The molecule has 3 heterocycles. The fourth-order valence-corrected chi connectivity index (χ4v) is 5.65. The first kappa shape index (κ1) is 29.2. The SMILES string of the molecule is COc1cc(S(=O)(=O)Nc2ccon2)ccc1NCC#Cc1cc2c(NC3CCOCC3)cccc2n1CC(F)(F)F. The minimum absolute atomic E-state index is 0.0286. The minimum atomic E-state index is -4.44. The molecule has 3 N–H and O–H groups in total. The maximum Gasteiger partial charge on any atom is 0.406 e. The number of anilines is 3. The topological polar surface area (TPSA) is 120 Å². The molecule has 14 heteroatoms. The first-order valence-corrected chi connectivity index (χ1v) is 14.5. The molecule has 1 aliphatic heterocycles. The Morgan fingerprint density at radius 1 is 1.12 bits per heavy atom. The van der Waals surface area contributed by atoms with E-state index in [1.807, 2.05) is 6.07 Å². The van der Waals surface area contributed by atoms with Crippen molar-refractivity contribution in [2.75, 3.05) is 42.2 Å². The summed E-state index contributed by atoms with van der Waals surface area (Å²) in [5.74, 6) is 6.00. The smallest absolute Gasteiger partial charge is 0.406 e. The molecule has 2 aromatic carbocycles. The molecule has 4 aromatic rings. The quantitative estimate of drug-likeness (QED) is 0.227. The van der Waals surface area contributed by atoms with Crippen molar-refractivity contribution in [1.29, 1.82) is 0 Å². The Hall–Kier alpha value is -4.35. The van der Waals surface area contributed by atoms with E-state index in [-0.39, 0.29) is 34.7 Å². The second-order valence-electron chi connectivity index (χ2n) is 9.51. The number of rotatable bonds is 9. The average Bonchev–Trinajstić information content (AvgIpc) is 3.59. The molecule has 0 bridgehead atoms. The van der Waals surface area contributed by atoms with Crippen molar-refractivity contribution in [1.82, 2.24) is 9.72 Å². The average molecular weight is 604 g/mol. The second-order valence-corrected chi connectivity index (χ2v) is 11.2. The Bertz CT molecular complexity index is 1700. The molecule has 0 aliphatic carbocycles. The lowest BCUT2D eigenvalue weighted by Gasteiger charge is -2.24. The highest BCUT2D eigenvalue weighted by atomic mass is 32.2. The third-order valence-corrected chi connectivity index (χ3v) is 7.96. The van der Waals surface area contributed by atoms with E-state index >= 15 is 0 Å². The largest absolute Gasteiger partial charge is 0.495 e. The van der Waals surface area contributed by atoms with Gasteiger partial charge < -0.3 is 29.2 Å². The zero-order valence-corrected chi connectivity index (χ0v) is 23.3. The van der Waals surface area contributed by atoms with Gasteiger partial charge in [-0.3, -0.25) is 4.72 Å². The van der Waals surface area contributed by atoms with E-state index in [0.717, 1.165) is 18.5 Å². The van der Waals surface area contributed by atoms with Crippen LogP contribution in [0.15, 0.2) is 64.2 Å². The molecule has 0 unspecified atom stereocenters. The molecule has 222 valence electrons. The van der Waals surface area contributed by atoms with Gasteiger partial charge in [-0.2, -0.15) is 13.2 Å². The van der Waals surface area contributed by atoms with Gasteiger partial charge in [0.05, 0.1) is 35.4 Å². The molecule has 0 atom stereocenters. The van der Waals surface area contributed by atoms with Gasteiger partial charge in [-0.15, -0.1) is 0 Å². The van der Waals surface area contributed by atoms with E-state index in [9.17, 15) is 21.6 Å². The van der Waals surface area contributed by atoms with Crippen LogP contribution in [0.3, 0.4) is 0 Å². The molecule has 0 spiro atoms. The van der Waals surface area contributed by atoms with Crippen LogP contribution in [0.4, 0.5) is 30.4 Å². The summed E-state index contributed by atoms with van der Waals surface area (Å²) >= 11 is 0.